The van der Waals surface area contributed by atoms with Gasteiger partial charge in [0, 0.05) is 12.4 Å². The van der Waals surface area contributed by atoms with Crippen LogP contribution < -0.4 is 0 Å². The van der Waals surface area contributed by atoms with E-state index in [9.17, 15) is 13.2 Å². The highest BCUT2D eigenvalue weighted by Gasteiger charge is 2.16. The van der Waals surface area contributed by atoms with E-state index in [1.54, 1.807) is 6.92 Å². The summed E-state index contributed by atoms with van der Waals surface area (Å²) in [6.45, 7) is 1.73. The molecule has 82 valence electrons. The molecule has 0 saturated heterocycles. The van der Waals surface area contributed by atoms with E-state index in [0.29, 0.717) is 0 Å². The number of hydrogen-bond acceptors (Lipinski definition) is 4. The highest BCUT2D eigenvalue weighted by Crippen LogP contribution is 2.11. The van der Waals surface area contributed by atoms with Crippen LogP contribution in [0.25, 0.3) is 0 Å². The summed E-state index contributed by atoms with van der Waals surface area (Å²) in [7, 11) is -3.52. The molecule has 0 aromatic carbocycles. The molecular weight excluding hydrogens is 218 g/mol. The van der Waals surface area contributed by atoms with Crippen molar-refractivity contribution in [2.75, 3.05) is 5.75 Å². The van der Waals surface area contributed by atoms with Gasteiger partial charge >= 0.3 is 5.97 Å². The largest absolute Gasteiger partial charge is 0.481 e. The second kappa shape index (κ2) is 4.39. The number of aryl methyl sites for hydroxylation is 1. The van der Waals surface area contributed by atoms with Crippen LogP contribution in [0, 0.1) is 6.92 Å². The van der Waals surface area contributed by atoms with Gasteiger partial charge in [0.15, 0.2) is 9.84 Å². The molecule has 1 aromatic heterocycles. The Morgan fingerprint density at radius 3 is 2.67 bits per heavy atom. The van der Waals surface area contributed by atoms with Crippen LogP contribution in [0.15, 0.2) is 23.4 Å². The molecule has 0 atom stereocenters. The Hall–Kier alpha value is -1.43. The Morgan fingerprint density at radius 1 is 1.47 bits per heavy atom. The molecule has 1 heterocycles. The molecule has 0 unspecified atom stereocenters. The Balaban J connectivity index is 2.91. The maximum absolute atomic E-state index is 11.6. The van der Waals surface area contributed by atoms with Crippen LogP contribution in [0.4, 0.5) is 0 Å². The summed E-state index contributed by atoms with van der Waals surface area (Å²) in [5.74, 6) is -1.52. The van der Waals surface area contributed by atoms with Crippen molar-refractivity contribution >= 4 is 15.8 Å². The zero-order valence-corrected chi connectivity index (χ0v) is 8.99. The SMILES string of the molecule is Cc1cncc(S(=O)(=O)CCC(=O)O)c1. The molecule has 0 radical (unpaired) electrons. The maximum atomic E-state index is 11.6. The number of nitrogens with zero attached hydrogens (tertiary/aromatic N) is 1. The van der Waals surface area contributed by atoms with Crippen LogP contribution in [0.1, 0.15) is 12.0 Å². The second-order valence-corrected chi connectivity index (χ2v) is 5.27. The zero-order chi connectivity index (χ0) is 11.5. The third-order valence-electron chi connectivity index (χ3n) is 1.79. The lowest BCUT2D eigenvalue weighted by Crippen LogP contribution is -2.11. The average Bonchev–Trinajstić information content (AvgIpc) is 2.15. The summed E-state index contributed by atoms with van der Waals surface area (Å²) in [5, 5.41) is 8.40. The average molecular weight is 229 g/mol. The molecule has 0 saturated carbocycles. The third kappa shape index (κ3) is 3.32. The summed E-state index contributed by atoms with van der Waals surface area (Å²) < 4.78 is 23.2. The number of pyridine rings is 1. The van der Waals surface area contributed by atoms with Crippen molar-refractivity contribution in [3.05, 3.63) is 24.0 Å². The van der Waals surface area contributed by atoms with Gasteiger partial charge in [-0.3, -0.25) is 9.78 Å². The van der Waals surface area contributed by atoms with Crippen molar-refractivity contribution in [1.82, 2.24) is 4.98 Å². The molecule has 0 amide bonds. The summed E-state index contributed by atoms with van der Waals surface area (Å²) >= 11 is 0. The van der Waals surface area contributed by atoms with Gasteiger partial charge in [-0.05, 0) is 18.6 Å². The minimum absolute atomic E-state index is 0.0729. The van der Waals surface area contributed by atoms with E-state index in [1.807, 2.05) is 0 Å². The summed E-state index contributed by atoms with van der Waals surface area (Å²) in [6.07, 6.45) is 2.37. The van der Waals surface area contributed by atoms with Gasteiger partial charge in [0.2, 0.25) is 0 Å². The highest BCUT2D eigenvalue weighted by molar-refractivity contribution is 7.91. The van der Waals surface area contributed by atoms with E-state index in [0.717, 1.165) is 5.56 Å². The summed E-state index contributed by atoms with van der Waals surface area (Å²) in [6, 6.07) is 1.48. The van der Waals surface area contributed by atoms with Gasteiger partial charge in [-0.2, -0.15) is 0 Å². The van der Waals surface area contributed by atoms with Crippen molar-refractivity contribution in [3.63, 3.8) is 0 Å². The summed E-state index contributed by atoms with van der Waals surface area (Å²) in [5.41, 5.74) is 0.728. The van der Waals surface area contributed by atoms with E-state index in [-0.39, 0.29) is 4.90 Å². The van der Waals surface area contributed by atoms with Crippen LogP contribution in [0.3, 0.4) is 0 Å². The van der Waals surface area contributed by atoms with Crippen LogP contribution in [-0.4, -0.2) is 30.2 Å². The lowest BCUT2D eigenvalue weighted by molar-refractivity contribution is -0.136. The lowest BCUT2D eigenvalue weighted by atomic mass is 10.3. The van der Waals surface area contributed by atoms with E-state index in [4.69, 9.17) is 5.11 Å². The molecule has 1 N–H and O–H groups in total. The smallest absolute Gasteiger partial charge is 0.304 e. The van der Waals surface area contributed by atoms with Crippen molar-refractivity contribution in [2.45, 2.75) is 18.2 Å². The van der Waals surface area contributed by atoms with E-state index in [1.165, 1.54) is 18.5 Å². The second-order valence-electron chi connectivity index (χ2n) is 3.16. The Bertz CT molecular complexity index is 467. The van der Waals surface area contributed by atoms with E-state index < -0.39 is 28.0 Å². The lowest BCUT2D eigenvalue weighted by Gasteiger charge is -2.02. The van der Waals surface area contributed by atoms with Crippen molar-refractivity contribution < 1.29 is 18.3 Å². The number of carbonyl (C=O) groups is 1. The predicted octanol–water partition coefficient (Wildman–Crippen LogP) is 0.638. The number of carboxylic acid groups (broad SMARTS) is 1. The Labute approximate surface area is 87.7 Å². The fourth-order valence-electron chi connectivity index (χ4n) is 1.04. The minimum atomic E-state index is -3.52. The molecule has 0 spiro atoms. The van der Waals surface area contributed by atoms with Crippen molar-refractivity contribution in [3.8, 4) is 0 Å². The molecule has 0 aliphatic rings. The topological polar surface area (TPSA) is 84.3 Å². The van der Waals surface area contributed by atoms with Gasteiger partial charge in [-0.1, -0.05) is 0 Å². The standard InChI is InChI=1S/C9H11NO4S/c1-7-4-8(6-10-5-7)15(13,14)3-2-9(11)12/h4-6H,2-3H2,1H3,(H,11,12). The van der Waals surface area contributed by atoms with Gasteiger partial charge in [-0.25, -0.2) is 8.42 Å². The molecule has 0 bridgehead atoms. The van der Waals surface area contributed by atoms with Gasteiger partial charge in [0.25, 0.3) is 0 Å². The predicted molar refractivity (Wildman–Crippen MR) is 53.3 cm³/mol. The van der Waals surface area contributed by atoms with Crippen LogP contribution >= 0.6 is 0 Å². The van der Waals surface area contributed by atoms with Gasteiger partial charge < -0.3 is 5.11 Å². The number of hydrogen-bond donors (Lipinski definition) is 1. The fourth-order valence-corrected chi connectivity index (χ4v) is 2.30. The number of aromatic nitrogens is 1. The Kier molecular flexibility index (Phi) is 3.41. The first-order chi connectivity index (χ1) is 6.92. The monoisotopic (exact) mass is 229 g/mol. The van der Waals surface area contributed by atoms with Crippen LogP contribution in [-0.2, 0) is 14.6 Å². The first kappa shape index (κ1) is 11.6. The molecule has 15 heavy (non-hydrogen) atoms. The zero-order valence-electron chi connectivity index (χ0n) is 8.17. The highest BCUT2D eigenvalue weighted by atomic mass is 32.2. The maximum Gasteiger partial charge on any atom is 0.304 e. The fraction of sp³-hybridized carbons (Fsp3) is 0.333. The van der Waals surface area contributed by atoms with Gasteiger partial charge in [-0.15, -0.1) is 0 Å². The molecule has 1 rings (SSSR count). The third-order valence-corrected chi connectivity index (χ3v) is 3.48. The number of rotatable bonds is 4. The Morgan fingerprint density at radius 2 is 2.13 bits per heavy atom. The molecule has 1 aromatic rings. The van der Waals surface area contributed by atoms with Gasteiger partial charge in [0.05, 0.1) is 17.1 Å². The normalized spacial score (nSPS) is 11.3. The first-order valence-corrected chi connectivity index (χ1v) is 5.93. The van der Waals surface area contributed by atoms with E-state index in [2.05, 4.69) is 4.98 Å². The number of carboxylic acids is 1. The first-order valence-electron chi connectivity index (χ1n) is 4.28. The molecule has 5 nitrogen and oxygen atoms in total. The minimum Gasteiger partial charge on any atom is -0.481 e. The van der Waals surface area contributed by atoms with Crippen LogP contribution in [0.5, 0.6) is 0 Å². The molecule has 0 aliphatic heterocycles. The molecule has 0 fully saturated rings. The summed E-state index contributed by atoms with van der Waals surface area (Å²) in [4.78, 5) is 14.1. The quantitative estimate of drug-likeness (QED) is 0.818. The number of aliphatic carboxylic acids is 1. The van der Waals surface area contributed by atoms with Crippen LogP contribution in [0.2, 0.25) is 0 Å². The molecular formula is C9H11NO4S. The molecule has 6 heteroatoms. The van der Waals surface area contributed by atoms with E-state index >= 15 is 0 Å². The van der Waals surface area contributed by atoms with Crippen molar-refractivity contribution in [1.29, 1.82) is 0 Å². The van der Waals surface area contributed by atoms with Crippen molar-refractivity contribution in [2.24, 2.45) is 0 Å². The molecule has 0 aliphatic carbocycles. The number of sulfone groups is 1. The van der Waals surface area contributed by atoms with Gasteiger partial charge in [0.1, 0.15) is 0 Å².